The predicted octanol–water partition coefficient (Wildman–Crippen LogP) is 0.680. The first-order valence-corrected chi connectivity index (χ1v) is 6.45. The van der Waals surface area contributed by atoms with Gasteiger partial charge in [0.15, 0.2) is 0 Å². The Labute approximate surface area is 112 Å². The van der Waals surface area contributed by atoms with E-state index in [2.05, 4.69) is 10.6 Å². The average molecular weight is 262 g/mol. The van der Waals surface area contributed by atoms with Gasteiger partial charge < -0.3 is 15.7 Å². The molecule has 0 bridgehead atoms. The zero-order valence-corrected chi connectivity index (χ0v) is 10.8. The van der Waals surface area contributed by atoms with Gasteiger partial charge in [0.2, 0.25) is 5.91 Å². The van der Waals surface area contributed by atoms with Gasteiger partial charge >= 0.3 is 5.97 Å². The number of amides is 1. The number of hydrogen-bond donors (Lipinski definition) is 3. The highest BCUT2D eigenvalue weighted by atomic mass is 16.4. The second-order valence-corrected chi connectivity index (χ2v) is 4.71. The van der Waals surface area contributed by atoms with Gasteiger partial charge in [0.25, 0.3) is 0 Å². The number of fused-ring (bicyclic) bond motifs is 1. The van der Waals surface area contributed by atoms with Crippen molar-refractivity contribution in [1.82, 2.24) is 10.6 Å². The van der Waals surface area contributed by atoms with Crippen LogP contribution in [-0.4, -0.2) is 29.1 Å². The monoisotopic (exact) mass is 262 g/mol. The third-order valence-corrected chi connectivity index (χ3v) is 3.42. The van der Waals surface area contributed by atoms with Crippen LogP contribution in [0.2, 0.25) is 0 Å². The van der Waals surface area contributed by atoms with E-state index in [1.807, 2.05) is 24.3 Å². The average Bonchev–Trinajstić information content (AvgIpc) is 2.43. The van der Waals surface area contributed by atoms with Gasteiger partial charge in [-0.25, -0.2) is 4.79 Å². The molecule has 102 valence electrons. The summed E-state index contributed by atoms with van der Waals surface area (Å²) in [7, 11) is 0. The molecule has 0 aliphatic carbocycles. The Morgan fingerprint density at radius 3 is 2.74 bits per heavy atom. The largest absolute Gasteiger partial charge is 0.480 e. The van der Waals surface area contributed by atoms with Gasteiger partial charge in [0, 0.05) is 6.54 Å². The summed E-state index contributed by atoms with van der Waals surface area (Å²) in [4.78, 5) is 23.0. The summed E-state index contributed by atoms with van der Waals surface area (Å²) in [5, 5.41) is 14.6. The Morgan fingerprint density at radius 1 is 1.42 bits per heavy atom. The number of carbonyl (C=O) groups excluding carboxylic acids is 1. The Kier molecular flexibility index (Phi) is 4.16. The molecule has 5 heteroatoms. The number of hydrogen-bond acceptors (Lipinski definition) is 3. The lowest BCUT2D eigenvalue weighted by Gasteiger charge is -2.26. The SMILES string of the molecule is CC[C@H](NC(=O)C1Cc2ccccc2CN1)C(=O)O. The number of benzene rings is 1. The molecule has 5 nitrogen and oxygen atoms in total. The van der Waals surface area contributed by atoms with Crippen molar-refractivity contribution in [3.63, 3.8) is 0 Å². The molecule has 0 fully saturated rings. The predicted molar refractivity (Wildman–Crippen MR) is 70.6 cm³/mol. The maximum Gasteiger partial charge on any atom is 0.326 e. The summed E-state index contributed by atoms with van der Waals surface area (Å²) in [5.74, 6) is -1.24. The van der Waals surface area contributed by atoms with E-state index in [9.17, 15) is 9.59 Å². The van der Waals surface area contributed by atoms with Gasteiger partial charge in [-0.05, 0) is 24.0 Å². The van der Waals surface area contributed by atoms with Crippen LogP contribution in [0.15, 0.2) is 24.3 Å². The third kappa shape index (κ3) is 3.12. The van der Waals surface area contributed by atoms with Crippen molar-refractivity contribution in [3.8, 4) is 0 Å². The lowest BCUT2D eigenvalue weighted by Crippen LogP contribution is -2.52. The molecule has 1 heterocycles. The van der Waals surface area contributed by atoms with Crippen LogP contribution in [-0.2, 0) is 22.6 Å². The minimum Gasteiger partial charge on any atom is -0.480 e. The molecule has 0 spiro atoms. The second kappa shape index (κ2) is 5.84. The normalized spacial score (nSPS) is 19.3. The standard InChI is InChI=1S/C14H18N2O3/c1-2-11(14(18)19)16-13(17)12-7-9-5-3-4-6-10(9)8-15-12/h3-6,11-12,15H,2,7-8H2,1H3,(H,16,17)(H,18,19)/t11-,12?/m0/s1. The molecular formula is C14H18N2O3. The molecule has 19 heavy (non-hydrogen) atoms. The molecule has 2 atom stereocenters. The first kappa shape index (κ1) is 13.5. The smallest absolute Gasteiger partial charge is 0.326 e. The third-order valence-electron chi connectivity index (χ3n) is 3.42. The van der Waals surface area contributed by atoms with E-state index in [1.165, 1.54) is 5.56 Å². The summed E-state index contributed by atoms with van der Waals surface area (Å²) < 4.78 is 0. The maximum atomic E-state index is 12.0. The van der Waals surface area contributed by atoms with Crippen LogP contribution in [0.3, 0.4) is 0 Å². The minimum absolute atomic E-state index is 0.247. The highest BCUT2D eigenvalue weighted by molar-refractivity contribution is 5.87. The minimum atomic E-state index is -0.993. The molecule has 1 aromatic rings. The Bertz CT molecular complexity index is 487. The molecule has 0 saturated carbocycles. The molecule has 1 aliphatic rings. The first-order valence-electron chi connectivity index (χ1n) is 6.45. The van der Waals surface area contributed by atoms with Crippen LogP contribution in [0.4, 0.5) is 0 Å². The summed E-state index contributed by atoms with van der Waals surface area (Å²) in [6.45, 7) is 2.38. The number of carbonyl (C=O) groups is 2. The number of nitrogens with one attached hydrogen (secondary N) is 2. The molecule has 1 aromatic carbocycles. The fourth-order valence-corrected chi connectivity index (χ4v) is 2.25. The molecule has 3 N–H and O–H groups in total. The van der Waals surface area contributed by atoms with Crippen LogP contribution >= 0.6 is 0 Å². The summed E-state index contributed by atoms with van der Waals surface area (Å²) >= 11 is 0. The highest BCUT2D eigenvalue weighted by Crippen LogP contribution is 2.16. The van der Waals surface area contributed by atoms with Gasteiger partial charge in [-0.2, -0.15) is 0 Å². The lowest BCUT2D eigenvalue weighted by molar-refractivity contribution is -0.142. The molecule has 2 rings (SSSR count). The molecule has 0 saturated heterocycles. The molecule has 1 amide bonds. The van der Waals surface area contributed by atoms with Crippen molar-refractivity contribution in [1.29, 1.82) is 0 Å². The summed E-state index contributed by atoms with van der Waals surface area (Å²) in [6.07, 6.45) is 0.975. The Balaban J connectivity index is 2.01. The molecular weight excluding hydrogens is 244 g/mol. The van der Waals surface area contributed by atoms with Gasteiger partial charge in [0.1, 0.15) is 6.04 Å². The van der Waals surface area contributed by atoms with Crippen molar-refractivity contribution >= 4 is 11.9 Å². The number of carboxylic acids is 1. The van der Waals surface area contributed by atoms with Crippen molar-refractivity contribution in [3.05, 3.63) is 35.4 Å². The zero-order chi connectivity index (χ0) is 13.8. The topological polar surface area (TPSA) is 78.4 Å². The first-order chi connectivity index (χ1) is 9.11. The second-order valence-electron chi connectivity index (χ2n) is 4.71. The van der Waals surface area contributed by atoms with Gasteiger partial charge in [-0.1, -0.05) is 31.2 Å². The summed E-state index contributed by atoms with van der Waals surface area (Å²) in [6, 6.07) is 6.78. The lowest BCUT2D eigenvalue weighted by atomic mass is 9.95. The van der Waals surface area contributed by atoms with Crippen molar-refractivity contribution in [2.45, 2.75) is 38.4 Å². The van der Waals surface area contributed by atoms with E-state index in [0.717, 1.165) is 5.56 Å². The molecule has 0 radical (unpaired) electrons. The van der Waals surface area contributed by atoms with E-state index in [4.69, 9.17) is 5.11 Å². The Hall–Kier alpha value is -1.88. The zero-order valence-electron chi connectivity index (χ0n) is 10.8. The number of aliphatic carboxylic acids is 1. The summed E-state index contributed by atoms with van der Waals surface area (Å²) in [5.41, 5.74) is 2.33. The van der Waals surface area contributed by atoms with Crippen molar-refractivity contribution < 1.29 is 14.7 Å². The number of rotatable bonds is 4. The van der Waals surface area contributed by atoms with Crippen molar-refractivity contribution in [2.75, 3.05) is 0 Å². The van der Waals surface area contributed by atoms with Crippen LogP contribution in [0, 0.1) is 0 Å². The Morgan fingerprint density at radius 2 is 2.11 bits per heavy atom. The van der Waals surface area contributed by atoms with E-state index in [0.29, 0.717) is 19.4 Å². The van der Waals surface area contributed by atoms with Crippen LogP contribution in [0.1, 0.15) is 24.5 Å². The quantitative estimate of drug-likeness (QED) is 0.745. The van der Waals surface area contributed by atoms with Crippen LogP contribution < -0.4 is 10.6 Å². The maximum absolute atomic E-state index is 12.0. The molecule has 1 aliphatic heterocycles. The van der Waals surface area contributed by atoms with E-state index >= 15 is 0 Å². The fourth-order valence-electron chi connectivity index (χ4n) is 2.25. The highest BCUT2D eigenvalue weighted by Gasteiger charge is 2.27. The van der Waals surface area contributed by atoms with Gasteiger partial charge in [0.05, 0.1) is 6.04 Å². The van der Waals surface area contributed by atoms with E-state index in [1.54, 1.807) is 6.92 Å². The molecule has 1 unspecified atom stereocenters. The van der Waals surface area contributed by atoms with Crippen LogP contribution in [0.25, 0.3) is 0 Å². The van der Waals surface area contributed by atoms with Gasteiger partial charge in [-0.15, -0.1) is 0 Å². The molecule has 0 aromatic heterocycles. The van der Waals surface area contributed by atoms with Crippen LogP contribution in [0.5, 0.6) is 0 Å². The fraction of sp³-hybridized carbons (Fsp3) is 0.429. The van der Waals surface area contributed by atoms with E-state index in [-0.39, 0.29) is 11.9 Å². The number of carboxylic acid groups (broad SMARTS) is 1. The van der Waals surface area contributed by atoms with E-state index < -0.39 is 12.0 Å². The van der Waals surface area contributed by atoms with Gasteiger partial charge in [-0.3, -0.25) is 4.79 Å². The van der Waals surface area contributed by atoms with Crippen molar-refractivity contribution in [2.24, 2.45) is 0 Å².